The van der Waals surface area contributed by atoms with Crippen molar-refractivity contribution < 1.29 is 0 Å². The maximum absolute atomic E-state index is 3.63. The van der Waals surface area contributed by atoms with Crippen LogP contribution in [0.5, 0.6) is 0 Å². The van der Waals surface area contributed by atoms with Crippen molar-refractivity contribution in [2.75, 3.05) is 0 Å². The lowest BCUT2D eigenvalue weighted by atomic mass is 10.1. The molecule has 3 nitrogen and oxygen atoms in total. The first-order chi connectivity index (χ1) is 16.3. The van der Waals surface area contributed by atoms with Gasteiger partial charge in [-0.15, -0.1) is 0 Å². The molecule has 0 atom stereocenters. The predicted octanol–water partition coefficient (Wildman–Crippen LogP) is 8.05. The number of nitrogens with one attached hydrogen (secondary N) is 2. The molecule has 0 aliphatic rings. The Morgan fingerprint density at radius 1 is 0.394 bits per heavy atom. The molecule has 0 radical (unpaired) electrons. The highest BCUT2D eigenvalue weighted by Gasteiger charge is 2.17. The average molecular weight is 422 g/mol. The minimum absolute atomic E-state index is 1.17. The van der Waals surface area contributed by atoms with Crippen LogP contribution in [0.2, 0.25) is 0 Å². The quantitative estimate of drug-likeness (QED) is 0.269. The standard InChI is InChI=1S/C30H19N3/c1-2-8-18(9-3-1)33-29-16-27-21(19-10-4-6-12-25(19)31-27)14-23(29)24-15-22-20-11-5-7-13-26(20)32-28(22)17-30(24)33/h1-17,31-32H. The highest BCUT2D eigenvalue weighted by molar-refractivity contribution is 6.22. The largest absolute Gasteiger partial charge is 0.354 e. The zero-order chi connectivity index (χ0) is 21.5. The molecule has 0 bridgehead atoms. The Balaban J connectivity index is 1.61. The van der Waals surface area contributed by atoms with Crippen molar-refractivity contribution in [2.24, 2.45) is 0 Å². The highest BCUT2D eigenvalue weighted by Crippen LogP contribution is 2.39. The number of nitrogens with zero attached hydrogens (tertiary/aromatic N) is 1. The van der Waals surface area contributed by atoms with E-state index < -0.39 is 0 Å². The molecule has 3 heterocycles. The second-order valence-electron chi connectivity index (χ2n) is 8.84. The molecule has 33 heavy (non-hydrogen) atoms. The maximum atomic E-state index is 3.63. The van der Waals surface area contributed by atoms with Crippen LogP contribution in [0.4, 0.5) is 0 Å². The van der Waals surface area contributed by atoms with Crippen molar-refractivity contribution in [3.8, 4) is 5.69 Å². The molecule has 0 spiro atoms. The number of fused-ring (bicyclic) bond motifs is 9. The molecule has 0 unspecified atom stereocenters. The maximum Gasteiger partial charge on any atom is 0.0562 e. The van der Waals surface area contributed by atoms with Crippen LogP contribution in [0.25, 0.3) is 71.1 Å². The van der Waals surface area contributed by atoms with Crippen LogP contribution >= 0.6 is 0 Å². The number of hydrogen-bond acceptors (Lipinski definition) is 0. The van der Waals surface area contributed by atoms with Gasteiger partial charge in [0.05, 0.1) is 11.0 Å². The number of para-hydroxylation sites is 3. The van der Waals surface area contributed by atoms with Gasteiger partial charge in [-0.3, -0.25) is 0 Å². The first kappa shape index (κ1) is 17.1. The molecule has 0 aliphatic carbocycles. The number of aromatic nitrogens is 3. The monoisotopic (exact) mass is 421 g/mol. The number of benzene rings is 5. The van der Waals surface area contributed by atoms with Gasteiger partial charge in [-0.25, -0.2) is 0 Å². The van der Waals surface area contributed by atoms with Gasteiger partial charge in [-0.05, 0) is 48.5 Å². The molecule has 8 aromatic rings. The molecule has 0 amide bonds. The van der Waals surface area contributed by atoms with Crippen LogP contribution in [0.3, 0.4) is 0 Å². The van der Waals surface area contributed by atoms with Crippen molar-refractivity contribution in [3.63, 3.8) is 0 Å². The van der Waals surface area contributed by atoms with Gasteiger partial charge in [0.1, 0.15) is 0 Å². The molecule has 3 heteroatoms. The van der Waals surface area contributed by atoms with Gasteiger partial charge in [0.15, 0.2) is 0 Å². The van der Waals surface area contributed by atoms with E-state index in [-0.39, 0.29) is 0 Å². The number of H-pyrrole nitrogens is 2. The SMILES string of the molecule is c1ccc(-n2c3cc4[nH]c5ccccc5c4cc3c3cc4c(cc32)[nH]c2ccccc24)cc1. The molecule has 0 fully saturated rings. The van der Waals surface area contributed by atoms with Crippen LogP contribution in [-0.4, -0.2) is 14.5 Å². The van der Waals surface area contributed by atoms with Gasteiger partial charge >= 0.3 is 0 Å². The molecule has 0 saturated carbocycles. The van der Waals surface area contributed by atoms with E-state index in [0.29, 0.717) is 0 Å². The second-order valence-corrected chi connectivity index (χ2v) is 8.84. The van der Waals surface area contributed by atoms with Gasteiger partial charge in [0.2, 0.25) is 0 Å². The molecule has 3 aromatic heterocycles. The van der Waals surface area contributed by atoms with E-state index in [9.17, 15) is 0 Å². The molecule has 154 valence electrons. The van der Waals surface area contributed by atoms with Crippen LogP contribution in [-0.2, 0) is 0 Å². The van der Waals surface area contributed by atoms with E-state index in [0.717, 1.165) is 0 Å². The predicted molar refractivity (Wildman–Crippen MR) is 140 cm³/mol. The Morgan fingerprint density at radius 2 is 0.879 bits per heavy atom. The molecular weight excluding hydrogens is 402 g/mol. The van der Waals surface area contributed by atoms with Gasteiger partial charge in [0, 0.05) is 60.1 Å². The van der Waals surface area contributed by atoms with Crippen LogP contribution in [0, 0.1) is 0 Å². The summed E-state index contributed by atoms with van der Waals surface area (Å²) in [4.78, 5) is 7.25. The number of rotatable bonds is 1. The average Bonchev–Trinajstić information content (AvgIpc) is 3.50. The molecule has 0 saturated heterocycles. The lowest BCUT2D eigenvalue weighted by molar-refractivity contribution is 1.18. The summed E-state index contributed by atoms with van der Waals surface area (Å²) in [5, 5.41) is 7.62. The van der Waals surface area contributed by atoms with Gasteiger partial charge in [-0.1, -0.05) is 54.6 Å². The fraction of sp³-hybridized carbons (Fsp3) is 0. The van der Waals surface area contributed by atoms with Gasteiger partial charge in [-0.2, -0.15) is 0 Å². The molecular formula is C30H19N3. The van der Waals surface area contributed by atoms with Crippen molar-refractivity contribution in [1.82, 2.24) is 14.5 Å². The van der Waals surface area contributed by atoms with Crippen molar-refractivity contribution in [3.05, 3.63) is 103 Å². The van der Waals surface area contributed by atoms with E-state index in [2.05, 4.69) is 118 Å². The Hall–Kier alpha value is -4.50. The van der Waals surface area contributed by atoms with Gasteiger partial charge < -0.3 is 14.5 Å². The Bertz CT molecular complexity index is 1890. The summed E-state index contributed by atoms with van der Waals surface area (Å²) in [5.41, 5.74) is 8.28. The first-order valence-electron chi connectivity index (χ1n) is 11.3. The van der Waals surface area contributed by atoms with Crippen molar-refractivity contribution in [2.45, 2.75) is 0 Å². The fourth-order valence-corrected chi connectivity index (χ4v) is 5.56. The van der Waals surface area contributed by atoms with E-state index >= 15 is 0 Å². The Labute approximate surface area is 188 Å². The zero-order valence-electron chi connectivity index (χ0n) is 17.8. The van der Waals surface area contributed by atoms with E-state index in [1.54, 1.807) is 0 Å². The topological polar surface area (TPSA) is 36.5 Å². The van der Waals surface area contributed by atoms with E-state index in [1.807, 2.05) is 0 Å². The summed E-state index contributed by atoms with van der Waals surface area (Å²) >= 11 is 0. The fourth-order valence-electron chi connectivity index (χ4n) is 5.56. The number of aromatic amines is 2. The van der Waals surface area contributed by atoms with Crippen LogP contribution in [0.1, 0.15) is 0 Å². The zero-order valence-corrected chi connectivity index (χ0v) is 17.8. The van der Waals surface area contributed by atoms with E-state index in [1.165, 1.54) is 71.1 Å². The summed E-state index contributed by atoms with van der Waals surface area (Å²) in [7, 11) is 0. The third-order valence-electron chi connectivity index (χ3n) is 7.03. The molecule has 0 aliphatic heterocycles. The lowest BCUT2D eigenvalue weighted by Crippen LogP contribution is -1.93. The highest BCUT2D eigenvalue weighted by atomic mass is 15.0. The molecule has 2 N–H and O–H groups in total. The minimum Gasteiger partial charge on any atom is -0.354 e. The summed E-state index contributed by atoms with van der Waals surface area (Å²) < 4.78 is 2.39. The first-order valence-corrected chi connectivity index (χ1v) is 11.3. The lowest BCUT2D eigenvalue weighted by Gasteiger charge is -2.07. The van der Waals surface area contributed by atoms with Crippen molar-refractivity contribution >= 4 is 65.4 Å². The summed E-state index contributed by atoms with van der Waals surface area (Å²) in [6.45, 7) is 0. The third-order valence-corrected chi connectivity index (χ3v) is 7.03. The summed E-state index contributed by atoms with van der Waals surface area (Å²) in [6, 6.07) is 37.1. The molecule has 8 rings (SSSR count). The second kappa shape index (κ2) is 6.05. The van der Waals surface area contributed by atoms with Gasteiger partial charge in [0.25, 0.3) is 0 Å². The minimum atomic E-state index is 1.17. The van der Waals surface area contributed by atoms with Crippen LogP contribution < -0.4 is 0 Å². The van der Waals surface area contributed by atoms with Crippen molar-refractivity contribution in [1.29, 1.82) is 0 Å². The smallest absolute Gasteiger partial charge is 0.0562 e. The summed E-state index contributed by atoms with van der Waals surface area (Å²) in [5.74, 6) is 0. The normalized spacial score (nSPS) is 12.2. The Kier molecular flexibility index (Phi) is 3.14. The third kappa shape index (κ3) is 2.23. The van der Waals surface area contributed by atoms with Crippen LogP contribution in [0.15, 0.2) is 103 Å². The molecule has 5 aromatic carbocycles. The Morgan fingerprint density at radius 3 is 1.42 bits per heavy atom. The van der Waals surface area contributed by atoms with E-state index in [4.69, 9.17) is 0 Å². The number of hydrogen-bond donors (Lipinski definition) is 2. The summed E-state index contributed by atoms with van der Waals surface area (Å²) in [6.07, 6.45) is 0.